The van der Waals surface area contributed by atoms with Crippen LogP contribution in [0.4, 0.5) is 11.5 Å². The third kappa shape index (κ3) is 5.42. The Labute approximate surface area is 192 Å². The first kappa shape index (κ1) is 24.0. The molecule has 1 amide bonds. The molecular formula is C24H31N5O4. The highest BCUT2D eigenvalue weighted by atomic mass is 16.4. The summed E-state index contributed by atoms with van der Waals surface area (Å²) >= 11 is 0. The van der Waals surface area contributed by atoms with Crippen molar-refractivity contribution in [3.63, 3.8) is 0 Å². The molecule has 3 rings (SSSR count). The summed E-state index contributed by atoms with van der Waals surface area (Å²) in [6, 6.07) is 9.43. The van der Waals surface area contributed by atoms with Crippen LogP contribution in [0.5, 0.6) is 0 Å². The van der Waals surface area contributed by atoms with E-state index in [0.29, 0.717) is 36.9 Å². The Morgan fingerprint density at radius 2 is 1.85 bits per heavy atom. The van der Waals surface area contributed by atoms with Crippen molar-refractivity contribution in [1.29, 1.82) is 0 Å². The fourth-order valence-corrected chi connectivity index (χ4v) is 3.59. The summed E-state index contributed by atoms with van der Waals surface area (Å²) < 4.78 is 7.10. The molecule has 0 aliphatic rings. The summed E-state index contributed by atoms with van der Waals surface area (Å²) in [5, 5.41) is 0. The molecule has 0 fully saturated rings. The summed E-state index contributed by atoms with van der Waals surface area (Å²) in [7, 11) is 0. The van der Waals surface area contributed by atoms with Crippen molar-refractivity contribution in [3.8, 4) is 11.5 Å². The maximum absolute atomic E-state index is 13.4. The van der Waals surface area contributed by atoms with E-state index >= 15 is 0 Å². The number of amides is 1. The third-order valence-corrected chi connectivity index (χ3v) is 5.49. The van der Waals surface area contributed by atoms with Gasteiger partial charge in [0.2, 0.25) is 11.8 Å². The van der Waals surface area contributed by atoms with E-state index in [2.05, 4.69) is 9.97 Å². The molecule has 2 heterocycles. The highest BCUT2D eigenvalue weighted by Gasteiger charge is 2.26. The minimum Gasteiger partial charge on any atom is -0.441 e. The van der Waals surface area contributed by atoms with Crippen LogP contribution in [0.25, 0.3) is 11.5 Å². The van der Waals surface area contributed by atoms with Crippen LogP contribution in [-0.2, 0) is 17.8 Å². The second-order valence-electron chi connectivity index (χ2n) is 7.96. The van der Waals surface area contributed by atoms with Crippen LogP contribution in [-0.4, -0.2) is 27.0 Å². The summed E-state index contributed by atoms with van der Waals surface area (Å²) in [6.07, 6.45) is 3.01. The van der Waals surface area contributed by atoms with Gasteiger partial charge in [-0.15, -0.1) is 0 Å². The lowest BCUT2D eigenvalue weighted by Gasteiger charge is -2.24. The first-order chi connectivity index (χ1) is 15.9. The molecule has 0 atom stereocenters. The molecule has 9 heteroatoms. The van der Waals surface area contributed by atoms with Crippen molar-refractivity contribution < 1.29 is 9.21 Å². The molecule has 0 saturated heterocycles. The van der Waals surface area contributed by atoms with Gasteiger partial charge in [-0.05, 0) is 31.9 Å². The third-order valence-electron chi connectivity index (χ3n) is 5.49. The molecule has 0 unspecified atom stereocenters. The number of aromatic nitrogens is 3. The van der Waals surface area contributed by atoms with Gasteiger partial charge in [0.1, 0.15) is 11.6 Å². The Hall–Kier alpha value is -3.62. The van der Waals surface area contributed by atoms with Crippen LogP contribution in [0.3, 0.4) is 0 Å². The number of nitrogens with two attached hydrogens (primary N) is 1. The predicted octanol–water partition coefficient (Wildman–Crippen LogP) is 3.26. The zero-order valence-electron chi connectivity index (χ0n) is 19.4. The average Bonchev–Trinajstić information content (AvgIpc) is 3.16. The molecule has 0 spiro atoms. The minimum atomic E-state index is -0.670. The van der Waals surface area contributed by atoms with Crippen LogP contribution in [0.15, 0.2) is 44.3 Å². The molecule has 1 aromatic carbocycles. The van der Waals surface area contributed by atoms with E-state index < -0.39 is 11.2 Å². The summed E-state index contributed by atoms with van der Waals surface area (Å²) in [5.41, 5.74) is 6.33. The molecule has 0 bridgehead atoms. The highest BCUT2D eigenvalue weighted by molar-refractivity contribution is 5.96. The van der Waals surface area contributed by atoms with E-state index in [0.717, 1.165) is 24.8 Å². The van der Waals surface area contributed by atoms with Gasteiger partial charge in [0.15, 0.2) is 5.69 Å². The lowest BCUT2D eigenvalue weighted by molar-refractivity contribution is -0.118. The SMILES string of the molecule is CCCCN(C(=O)Cc1nc(-c2ccccc2)oc1C)c1c(N)n(CCCC)c(=O)[nH]c1=O. The highest BCUT2D eigenvalue weighted by Crippen LogP contribution is 2.24. The van der Waals surface area contributed by atoms with Crippen LogP contribution in [0, 0.1) is 6.92 Å². The second kappa shape index (κ2) is 10.8. The van der Waals surface area contributed by atoms with Crippen molar-refractivity contribution in [1.82, 2.24) is 14.5 Å². The fourth-order valence-electron chi connectivity index (χ4n) is 3.59. The zero-order valence-corrected chi connectivity index (χ0v) is 19.4. The number of hydrogen-bond acceptors (Lipinski definition) is 6. The van der Waals surface area contributed by atoms with Crippen molar-refractivity contribution in [2.24, 2.45) is 0 Å². The zero-order chi connectivity index (χ0) is 24.0. The Bertz CT molecular complexity index is 1210. The topological polar surface area (TPSA) is 127 Å². The molecule has 0 aliphatic carbocycles. The Morgan fingerprint density at radius 3 is 2.52 bits per heavy atom. The van der Waals surface area contributed by atoms with Crippen LogP contribution < -0.4 is 21.9 Å². The number of benzene rings is 1. The predicted molar refractivity (Wildman–Crippen MR) is 128 cm³/mol. The number of nitrogen functional groups attached to an aromatic ring is 1. The van der Waals surface area contributed by atoms with Gasteiger partial charge >= 0.3 is 5.69 Å². The van der Waals surface area contributed by atoms with E-state index in [9.17, 15) is 14.4 Å². The summed E-state index contributed by atoms with van der Waals surface area (Å²) in [4.78, 5) is 46.6. The van der Waals surface area contributed by atoms with Gasteiger partial charge in [0.25, 0.3) is 5.56 Å². The largest absolute Gasteiger partial charge is 0.441 e. The van der Waals surface area contributed by atoms with Gasteiger partial charge in [-0.2, -0.15) is 0 Å². The molecule has 0 aliphatic heterocycles. The molecule has 3 aromatic rings. The first-order valence-electron chi connectivity index (χ1n) is 11.3. The number of aryl methyl sites for hydroxylation is 1. The van der Waals surface area contributed by atoms with E-state index in [4.69, 9.17) is 10.2 Å². The maximum Gasteiger partial charge on any atom is 0.330 e. The van der Waals surface area contributed by atoms with Crippen molar-refractivity contribution >= 4 is 17.4 Å². The molecule has 0 radical (unpaired) electrons. The quantitative estimate of drug-likeness (QED) is 0.485. The molecule has 3 N–H and O–H groups in total. The number of carbonyl (C=O) groups excluding carboxylic acids is 1. The molecule has 2 aromatic heterocycles. The van der Waals surface area contributed by atoms with Gasteiger partial charge < -0.3 is 15.1 Å². The number of nitrogens with zero attached hydrogens (tertiary/aromatic N) is 3. The van der Waals surface area contributed by atoms with Crippen molar-refractivity contribution in [3.05, 3.63) is 62.6 Å². The van der Waals surface area contributed by atoms with Crippen LogP contribution >= 0.6 is 0 Å². The van der Waals surface area contributed by atoms with E-state index in [1.165, 1.54) is 9.47 Å². The number of rotatable bonds is 10. The molecule has 33 heavy (non-hydrogen) atoms. The lowest BCUT2D eigenvalue weighted by atomic mass is 10.2. The Morgan fingerprint density at radius 1 is 1.15 bits per heavy atom. The molecule has 176 valence electrons. The number of hydrogen-bond donors (Lipinski definition) is 2. The number of oxazole rings is 1. The number of aromatic amines is 1. The summed E-state index contributed by atoms with van der Waals surface area (Å²) in [6.45, 7) is 6.41. The molecular weight excluding hydrogens is 422 g/mol. The van der Waals surface area contributed by atoms with Crippen LogP contribution in [0.1, 0.15) is 51.0 Å². The van der Waals surface area contributed by atoms with Crippen molar-refractivity contribution in [2.45, 2.75) is 59.4 Å². The minimum absolute atomic E-state index is 0.00324. The maximum atomic E-state index is 13.4. The standard InChI is InChI=1S/C24H31N5O4/c1-4-6-13-28(20-21(25)29(14-7-5-2)24(32)27-22(20)31)19(30)15-18-16(3)33-23(26-18)17-11-9-8-10-12-17/h8-12H,4-7,13-15,25H2,1-3H3,(H,27,31,32). The van der Waals surface area contributed by atoms with Gasteiger partial charge in [-0.25, -0.2) is 9.78 Å². The number of carbonyl (C=O) groups is 1. The first-order valence-corrected chi connectivity index (χ1v) is 11.3. The number of nitrogens with one attached hydrogen (secondary N) is 1. The Balaban J connectivity index is 1.96. The number of H-pyrrole nitrogens is 1. The normalized spacial score (nSPS) is 11.0. The molecule has 0 saturated carbocycles. The van der Waals surface area contributed by atoms with Crippen LogP contribution in [0.2, 0.25) is 0 Å². The van der Waals surface area contributed by atoms with E-state index in [-0.39, 0.29) is 23.8 Å². The second-order valence-corrected chi connectivity index (χ2v) is 7.96. The lowest BCUT2D eigenvalue weighted by Crippen LogP contribution is -2.42. The smallest absolute Gasteiger partial charge is 0.330 e. The summed E-state index contributed by atoms with van der Waals surface area (Å²) in [5.74, 6) is 0.634. The van der Waals surface area contributed by atoms with E-state index in [1.807, 2.05) is 44.2 Å². The van der Waals surface area contributed by atoms with Gasteiger partial charge in [0, 0.05) is 18.7 Å². The number of anilines is 2. The average molecular weight is 454 g/mol. The fraction of sp³-hybridized carbons (Fsp3) is 0.417. The Kier molecular flexibility index (Phi) is 7.87. The van der Waals surface area contributed by atoms with Gasteiger partial charge in [-0.3, -0.25) is 19.1 Å². The molecule has 9 nitrogen and oxygen atoms in total. The van der Waals surface area contributed by atoms with Crippen molar-refractivity contribution in [2.75, 3.05) is 17.2 Å². The monoisotopic (exact) mass is 453 g/mol. The van der Waals surface area contributed by atoms with Gasteiger partial charge in [0.05, 0.1) is 12.1 Å². The van der Waals surface area contributed by atoms with E-state index in [1.54, 1.807) is 6.92 Å². The number of unbranched alkanes of at least 4 members (excludes halogenated alkanes) is 2. The van der Waals surface area contributed by atoms with Gasteiger partial charge in [-0.1, -0.05) is 44.9 Å².